The van der Waals surface area contributed by atoms with Gasteiger partial charge in [-0.05, 0) is 37.5 Å². The number of rotatable bonds is 4. The first-order chi connectivity index (χ1) is 11.7. The second kappa shape index (κ2) is 6.63. The van der Waals surface area contributed by atoms with E-state index in [1.54, 1.807) is 10.9 Å². The van der Waals surface area contributed by atoms with Crippen molar-refractivity contribution in [2.45, 2.75) is 50.5 Å². The third-order valence-electron chi connectivity index (χ3n) is 5.13. The molecule has 0 radical (unpaired) electrons. The summed E-state index contributed by atoms with van der Waals surface area (Å²) in [5, 5.41) is 11.6. The van der Waals surface area contributed by atoms with E-state index in [0.29, 0.717) is 12.1 Å². The highest BCUT2D eigenvalue weighted by Gasteiger charge is 2.40. The Kier molecular flexibility index (Phi) is 4.35. The first kappa shape index (κ1) is 15.7. The second-order valence-corrected chi connectivity index (χ2v) is 6.71. The molecule has 6 nitrogen and oxygen atoms in total. The maximum absolute atomic E-state index is 5.80. The zero-order chi connectivity index (χ0) is 16.4. The number of ether oxygens (including phenoxy) is 2. The number of hydrogen-bond donors (Lipinski definition) is 1. The number of nitrogens with one attached hydrogen (secondary N) is 1. The standard InChI is InChI=1S/C18H24N4O2/c1-14(15-2-4-17(5-3-15)22-11-10-19-21-22)20-16-6-8-18(9-7-16)23-12-13-24-18/h2-5,10-11,14,16,20H,6-9,12-13H2,1H3. The van der Waals surface area contributed by atoms with Gasteiger partial charge in [0.15, 0.2) is 5.79 Å². The molecule has 1 N–H and O–H groups in total. The third kappa shape index (κ3) is 3.22. The number of benzene rings is 1. The summed E-state index contributed by atoms with van der Waals surface area (Å²) in [7, 11) is 0. The normalized spacial score (nSPS) is 22.0. The van der Waals surface area contributed by atoms with Crippen LogP contribution in [-0.2, 0) is 9.47 Å². The van der Waals surface area contributed by atoms with Crippen LogP contribution in [0.1, 0.15) is 44.2 Å². The average molecular weight is 328 g/mol. The van der Waals surface area contributed by atoms with Crippen LogP contribution in [0.25, 0.3) is 5.69 Å². The molecule has 1 saturated heterocycles. The number of hydrogen-bond acceptors (Lipinski definition) is 5. The predicted octanol–water partition coefficient (Wildman–Crippen LogP) is 2.60. The van der Waals surface area contributed by atoms with Gasteiger partial charge >= 0.3 is 0 Å². The topological polar surface area (TPSA) is 61.2 Å². The van der Waals surface area contributed by atoms with Crippen molar-refractivity contribution in [1.82, 2.24) is 20.3 Å². The smallest absolute Gasteiger partial charge is 0.168 e. The van der Waals surface area contributed by atoms with Crippen LogP contribution in [0.4, 0.5) is 0 Å². The van der Waals surface area contributed by atoms with Crippen LogP contribution in [0.2, 0.25) is 0 Å². The van der Waals surface area contributed by atoms with Crippen LogP contribution in [0.15, 0.2) is 36.7 Å². The Balaban J connectivity index is 1.34. The van der Waals surface area contributed by atoms with E-state index in [0.717, 1.165) is 44.6 Å². The van der Waals surface area contributed by atoms with E-state index in [4.69, 9.17) is 9.47 Å². The molecule has 1 aromatic heterocycles. The fraction of sp³-hybridized carbons (Fsp3) is 0.556. The van der Waals surface area contributed by atoms with Gasteiger partial charge in [-0.25, -0.2) is 4.68 Å². The van der Waals surface area contributed by atoms with Gasteiger partial charge in [-0.2, -0.15) is 0 Å². The lowest BCUT2D eigenvalue weighted by molar-refractivity contribution is -0.179. The zero-order valence-electron chi connectivity index (χ0n) is 14.0. The lowest BCUT2D eigenvalue weighted by atomic mass is 9.89. The molecule has 1 unspecified atom stereocenters. The van der Waals surface area contributed by atoms with Crippen LogP contribution >= 0.6 is 0 Å². The second-order valence-electron chi connectivity index (χ2n) is 6.71. The summed E-state index contributed by atoms with van der Waals surface area (Å²) in [6, 6.07) is 9.31. The van der Waals surface area contributed by atoms with Gasteiger partial charge in [0.1, 0.15) is 0 Å². The van der Waals surface area contributed by atoms with E-state index in [9.17, 15) is 0 Å². The van der Waals surface area contributed by atoms with Gasteiger partial charge in [-0.15, -0.1) is 5.10 Å². The van der Waals surface area contributed by atoms with Crippen LogP contribution in [0.3, 0.4) is 0 Å². The molecule has 6 heteroatoms. The van der Waals surface area contributed by atoms with Crippen molar-refractivity contribution in [3.8, 4) is 5.69 Å². The summed E-state index contributed by atoms with van der Waals surface area (Å²) in [4.78, 5) is 0. The quantitative estimate of drug-likeness (QED) is 0.935. The molecule has 128 valence electrons. The molecule has 2 heterocycles. The third-order valence-corrected chi connectivity index (χ3v) is 5.13. The predicted molar refractivity (Wildman–Crippen MR) is 89.8 cm³/mol. The highest BCUT2D eigenvalue weighted by Crippen LogP contribution is 2.36. The molecule has 1 spiro atoms. The molecule has 1 aliphatic carbocycles. The van der Waals surface area contributed by atoms with Gasteiger partial charge < -0.3 is 14.8 Å². The van der Waals surface area contributed by atoms with E-state index in [1.807, 2.05) is 6.20 Å². The Labute approximate surface area is 142 Å². The summed E-state index contributed by atoms with van der Waals surface area (Å²) in [6.07, 6.45) is 7.71. The largest absolute Gasteiger partial charge is 0.348 e. The van der Waals surface area contributed by atoms with Crippen molar-refractivity contribution in [3.63, 3.8) is 0 Å². The minimum absolute atomic E-state index is 0.277. The summed E-state index contributed by atoms with van der Waals surface area (Å²) in [5.74, 6) is -0.277. The van der Waals surface area contributed by atoms with Crippen LogP contribution < -0.4 is 5.32 Å². The van der Waals surface area contributed by atoms with Crippen molar-refractivity contribution in [1.29, 1.82) is 0 Å². The SMILES string of the molecule is CC(NC1CCC2(CC1)OCCO2)c1ccc(-n2ccnn2)cc1. The molecular weight excluding hydrogens is 304 g/mol. The highest BCUT2D eigenvalue weighted by atomic mass is 16.7. The minimum atomic E-state index is -0.277. The van der Waals surface area contributed by atoms with E-state index >= 15 is 0 Å². The Hall–Kier alpha value is -1.76. The zero-order valence-corrected chi connectivity index (χ0v) is 14.0. The molecule has 24 heavy (non-hydrogen) atoms. The van der Waals surface area contributed by atoms with Crippen molar-refractivity contribution in [2.75, 3.05) is 13.2 Å². The van der Waals surface area contributed by atoms with Gasteiger partial charge in [0, 0.05) is 24.9 Å². The fourth-order valence-corrected chi connectivity index (χ4v) is 3.72. The van der Waals surface area contributed by atoms with Crippen LogP contribution in [0, 0.1) is 0 Å². The highest BCUT2D eigenvalue weighted by molar-refractivity contribution is 5.34. The molecule has 2 aromatic rings. The molecule has 1 saturated carbocycles. The van der Waals surface area contributed by atoms with E-state index < -0.39 is 0 Å². The Morgan fingerprint density at radius 1 is 1.17 bits per heavy atom. The Morgan fingerprint density at radius 3 is 2.50 bits per heavy atom. The summed E-state index contributed by atoms with van der Waals surface area (Å²) >= 11 is 0. The molecule has 4 rings (SSSR count). The Bertz CT molecular complexity index is 640. The molecule has 2 fully saturated rings. The fourth-order valence-electron chi connectivity index (χ4n) is 3.72. The summed E-state index contributed by atoms with van der Waals surface area (Å²) < 4.78 is 13.4. The molecular formula is C18H24N4O2. The van der Waals surface area contributed by atoms with Gasteiger partial charge in [-0.1, -0.05) is 17.3 Å². The Morgan fingerprint density at radius 2 is 1.88 bits per heavy atom. The van der Waals surface area contributed by atoms with Crippen molar-refractivity contribution < 1.29 is 9.47 Å². The minimum Gasteiger partial charge on any atom is -0.348 e. The molecule has 0 bridgehead atoms. The summed E-state index contributed by atoms with van der Waals surface area (Å²) in [5.41, 5.74) is 2.31. The van der Waals surface area contributed by atoms with Crippen LogP contribution in [-0.4, -0.2) is 40.0 Å². The molecule has 2 aliphatic rings. The maximum Gasteiger partial charge on any atom is 0.168 e. The number of nitrogens with zero attached hydrogens (tertiary/aromatic N) is 3. The van der Waals surface area contributed by atoms with E-state index in [2.05, 4.69) is 46.8 Å². The lowest BCUT2D eigenvalue weighted by Gasteiger charge is -2.36. The van der Waals surface area contributed by atoms with E-state index in [-0.39, 0.29) is 5.79 Å². The van der Waals surface area contributed by atoms with Gasteiger partial charge in [-0.3, -0.25) is 0 Å². The van der Waals surface area contributed by atoms with Gasteiger partial charge in [0.2, 0.25) is 0 Å². The first-order valence-corrected chi connectivity index (χ1v) is 8.75. The lowest BCUT2D eigenvalue weighted by Crippen LogP contribution is -2.42. The maximum atomic E-state index is 5.80. The number of aromatic nitrogens is 3. The summed E-state index contributed by atoms with van der Waals surface area (Å²) in [6.45, 7) is 3.71. The molecule has 1 aromatic carbocycles. The average Bonchev–Trinajstić information content (AvgIpc) is 3.30. The molecule has 0 amide bonds. The van der Waals surface area contributed by atoms with Crippen LogP contribution in [0.5, 0.6) is 0 Å². The first-order valence-electron chi connectivity index (χ1n) is 8.75. The van der Waals surface area contributed by atoms with Crippen molar-refractivity contribution >= 4 is 0 Å². The monoisotopic (exact) mass is 328 g/mol. The van der Waals surface area contributed by atoms with Crippen molar-refractivity contribution in [2.24, 2.45) is 0 Å². The molecule has 1 aliphatic heterocycles. The molecule has 1 atom stereocenters. The van der Waals surface area contributed by atoms with Crippen molar-refractivity contribution in [3.05, 3.63) is 42.2 Å². The van der Waals surface area contributed by atoms with Gasteiger partial charge in [0.25, 0.3) is 0 Å². The van der Waals surface area contributed by atoms with Gasteiger partial charge in [0.05, 0.1) is 31.3 Å². The van der Waals surface area contributed by atoms with E-state index in [1.165, 1.54) is 5.56 Å².